The molecule has 1 atom stereocenters. The number of thiophene rings is 1. The molecule has 1 aromatic carbocycles. The minimum Gasteiger partial charge on any atom is -0.493 e. The highest BCUT2D eigenvalue weighted by molar-refractivity contribution is 7.08. The molecule has 2 heterocycles. The summed E-state index contributed by atoms with van der Waals surface area (Å²) in [4.78, 5) is 12.5. The van der Waals surface area contributed by atoms with E-state index in [4.69, 9.17) is 9.47 Å². The Morgan fingerprint density at radius 3 is 2.59 bits per heavy atom. The number of hydrogen-bond donors (Lipinski definition) is 1. The average Bonchev–Trinajstić information content (AvgIpc) is 3.40. The van der Waals surface area contributed by atoms with Gasteiger partial charge in [-0.3, -0.25) is 4.79 Å². The molecule has 0 bridgehead atoms. The van der Waals surface area contributed by atoms with Crippen molar-refractivity contribution in [2.45, 2.75) is 18.9 Å². The van der Waals surface area contributed by atoms with E-state index in [1.54, 1.807) is 25.6 Å². The smallest absolute Gasteiger partial charge is 0.222 e. The number of ether oxygens (including phenoxy) is 2. The zero-order valence-electron chi connectivity index (χ0n) is 15.6. The van der Waals surface area contributed by atoms with Crippen molar-refractivity contribution in [2.24, 2.45) is 0 Å². The van der Waals surface area contributed by atoms with Gasteiger partial charge < -0.3 is 19.4 Å². The number of hydrogen-bond acceptors (Lipinski definition) is 4. The molecule has 142 valence electrons. The lowest BCUT2D eigenvalue weighted by atomic mass is 10.1. The van der Waals surface area contributed by atoms with E-state index in [1.165, 1.54) is 0 Å². The monoisotopic (exact) mass is 384 g/mol. The molecule has 1 amide bonds. The van der Waals surface area contributed by atoms with Crippen LogP contribution in [0, 0.1) is 0 Å². The van der Waals surface area contributed by atoms with Crippen molar-refractivity contribution in [3.8, 4) is 11.5 Å². The Labute approximate surface area is 163 Å². The second-order valence-corrected chi connectivity index (χ2v) is 6.98. The van der Waals surface area contributed by atoms with E-state index in [0.717, 1.165) is 17.5 Å². The van der Waals surface area contributed by atoms with Crippen LogP contribution < -0.4 is 14.8 Å². The van der Waals surface area contributed by atoms with Gasteiger partial charge in [-0.15, -0.1) is 0 Å². The molecule has 0 spiro atoms. The van der Waals surface area contributed by atoms with Crippen LogP contribution >= 0.6 is 11.3 Å². The van der Waals surface area contributed by atoms with Crippen molar-refractivity contribution in [3.05, 3.63) is 70.7 Å². The van der Waals surface area contributed by atoms with Crippen molar-refractivity contribution >= 4 is 17.2 Å². The molecule has 5 nitrogen and oxygen atoms in total. The van der Waals surface area contributed by atoms with Crippen LogP contribution in [0.5, 0.6) is 11.5 Å². The van der Waals surface area contributed by atoms with Gasteiger partial charge in [-0.25, -0.2) is 0 Å². The molecule has 0 aliphatic rings. The molecule has 6 heteroatoms. The number of carbonyl (C=O) groups is 1. The van der Waals surface area contributed by atoms with Crippen LogP contribution in [0.15, 0.2) is 59.6 Å². The maximum atomic E-state index is 12.5. The molecule has 3 aromatic rings. The number of aromatic nitrogens is 1. The van der Waals surface area contributed by atoms with Crippen molar-refractivity contribution in [1.29, 1.82) is 0 Å². The molecule has 1 N–H and O–H groups in total. The Morgan fingerprint density at radius 1 is 1.15 bits per heavy atom. The van der Waals surface area contributed by atoms with Crippen molar-refractivity contribution in [2.75, 3.05) is 20.8 Å². The summed E-state index contributed by atoms with van der Waals surface area (Å²) in [5.74, 6) is 1.45. The summed E-state index contributed by atoms with van der Waals surface area (Å²) in [6.07, 6.45) is 5.15. The Balaban J connectivity index is 1.56. The Morgan fingerprint density at radius 2 is 1.93 bits per heavy atom. The van der Waals surface area contributed by atoms with Gasteiger partial charge in [-0.2, -0.15) is 11.3 Å². The maximum Gasteiger partial charge on any atom is 0.222 e. The number of amides is 1. The molecule has 0 unspecified atom stereocenters. The van der Waals surface area contributed by atoms with E-state index in [2.05, 4.69) is 21.3 Å². The van der Waals surface area contributed by atoms with Crippen LogP contribution in [-0.4, -0.2) is 31.2 Å². The minimum atomic E-state index is 0.0207. The van der Waals surface area contributed by atoms with Gasteiger partial charge in [0.15, 0.2) is 11.5 Å². The predicted molar refractivity (Wildman–Crippen MR) is 108 cm³/mol. The first-order valence-corrected chi connectivity index (χ1v) is 9.77. The summed E-state index contributed by atoms with van der Waals surface area (Å²) >= 11 is 1.65. The lowest BCUT2D eigenvalue weighted by Gasteiger charge is -2.18. The SMILES string of the molecule is COc1ccc(CCNC(=O)C[C@H](c2ccsc2)n2cccc2)cc1OC. The second-order valence-electron chi connectivity index (χ2n) is 6.20. The van der Waals surface area contributed by atoms with Gasteiger partial charge >= 0.3 is 0 Å². The third-order valence-electron chi connectivity index (χ3n) is 4.48. The molecule has 0 fully saturated rings. The van der Waals surface area contributed by atoms with E-state index in [1.807, 2.05) is 48.1 Å². The topological polar surface area (TPSA) is 52.5 Å². The normalized spacial score (nSPS) is 11.8. The van der Waals surface area contributed by atoms with Crippen LogP contribution in [0.1, 0.15) is 23.6 Å². The number of benzene rings is 1. The van der Waals surface area contributed by atoms with Gasteiger partial charge in [0.25, 0.3) is 0 Å². The van der Waals surface area contributed by atoms with E-state index >= 15 is 0 Å². The van der Waals surface area contributed by atoms with Crippen LogP contribution in [0.2, 0.25) is 0 Å². The fourth-order valence-corrected chi connectivity index (χ4v) is 3.75. The van der Waals surface area contributed by atoms with Gasteiger partial charge in [-0.05, 0) is 58.6 Å². The third-order valence-corrected chi connectivity index (χ3v) is 5.18. The molecule has 0 radical (unpaired) electrons. The number of rotatable bonds is 9. The first-order chi connectivity index (χ1) is 13.2. The minimum absolute atomic E-state index is 0.0207. The van der Waals surface area contributed by atoms with Crippen molar-refractivity contribution in [1.82, 2.24) is 9.88 Å². The highest BCUT2D eigenvalue weighted by atomic mass is 32.1. The maximum absolute atomic E-state index is 12.5. The summed E-state index contributed by atoms with van der Waals surface area (Å²) in [5, 5.41) is 7.17. The lowest BCUT2D eigenvalue weighted by Crippen LogP contribution is -2.28. The summed E-state index contributed by atoms with van der Waals surface area (Å²) in [6.45, 7) is 0.580. The summed E-state index contributed by atoms with van der Waals surface area (Å²) < 4.78 is 12.7. The van der Waals surface area contributed by atoms with Crippen molar-refractivity contribution < 1.29 is 14.3 Å². The average molecular weight is 385 g/mol. The summed E-state index contributed by atoms with van der Waals surface area (Å²) in [5.41, 5.74) is 2.25. The van der Waals surface area contributed by atoms with Crippen LogP contribution in [0.3, 0.4) is 0 Å². The zero-order valence-corrected chi connectivity index (χ0v) is 16.4. The van der Waals surface area contributed by atoms with Gasteiger partial charge in [0, 0.05) is 18.9 Å². The molecule has 2 aromatic heterocycles. The van der Waals surface area contributed by atoms with Crippen molar-refractivity contribution in [3.63, 3.8) is 0 Å². The Kier molecular flexibility index (Phi) is 6.54. The molecule has 0 saturated heterocycles. The molecular formula is C21H24N2O3S. The fourth-order valence-electron chi connectivity index (χ4n) is 3.05. The molecule has 0 aliphatic carbocycles. The van der Waals surface area contributed by atoms with Gasteiger partial charge in [0.1, 0.15) is 0 Å². The third kappa shape index (κ3) is 4.92. The van der Waals surface area contributed by atoms with Gasteiger partial charge in [0.05, 0.1) is 26.7 Å². The number of nitrogens with one attached hydrogen (secondary N) is 1. The Bertz CT molecular complexity index is 810. The molecular weight excluding hydrogens is 360 g/mol. The quantitative estimate of drug-likeness (QED) is 0.609. The predicted octanol–water partition coefficient (Wildman–Crippen LogP) is 3.91. The lowest BCUT2D eigenvalue weighted by molar-refractivity contribution is -0.121. The van der Waals surface area contributed by atoms with E-state index < -0.39 is 0 Å². The first kappa shape index (κ1) is 19.0. The second kappa shape index (κ2) is 9.28. The van der Waals surface area contributed by atoms with E-state index in [9.17, 15) is 4.79 Å². The van der Waals surface area contributed by atoms with Crippen LogP contribution in [0.25, 0.3) is 0 Å². The number of nitrogens with zero attached hydrogens (tertiary/aromatic N) is 1. The molecule has 3 rings (SSSR count). The standard InChI is InChI=1S/C21H24N2O3S/c1-25-19-6-5-16(13-20(19)26-2)7-9-22-21(24)14-18(17-8-12-27-15-17)23-10-3-4-11-23/h3-6,8,10-13,15,18H,7,9,14H2,1-2H3,(H,22,24)/t18-/m1/s1. The fraction of sp³-hybridized carbons (Fsp3) is 0.286. The zero-order chi connectivity index (χ0) is 19.1. The largest absolute Gasteiger partial charge is 0.493 e. The van der Waals surface area contributed by atoms with Crippen LogP contribution in [0.4, 0.5) is 0 Å². The summed E-state index contributed by atoms with van der Waals surface area (Å²) in [7, 11) is 3.24. The van der Waals surface area contributed by atoms with Crippen LogP contribution in [-0.2, 0) is 11.2 Å². The first-order valence-electron chi connectivity index (χ1n) is 8.83. The number of carbonyl (C=O) groups excluding carboxylic acids is 1. The van der Waals surface area contributed by atoms with Gasteiger partial charge in [-0.1, -0.05) is 6.07 Å². The molecule has 0 aliphatic heterocycles. The number of methoxy groups -OCH3 is 2. The molecule has 0 saturated carbocycles. The van der Waals surface area contributed by atoms with Gasteiger partial charge in [0.2, 0.25) is 5.91 Å². The highest BCUT2D eigenvalue weighted by Crippen LogP contribution is 2.27. The van der Waals surface area contributed by atoms with E-state index in [-0.39, 0.29) is 11.9 Å². The Hall–Kier alpha value is -2.73. The highest BCUT2D eigenvalue weighted by Gasteiger charge is 2.17. The molecule has 27 heavy (non-hydrogen) atoms. The van der Waals surface area contributed by atoms with E-state index in [0.29, 0.717) is 24.5 Å². The summed E-state index contributed by atoms with van der Waals surface area (Å²) in [6, 6.07) is 11.9.